The Kier molecular flexibility index (Phi) is 5.74. The standard InChI is InChI=1S/C15H15FO3/c1-3-4-5-9-12(15(18)19-2)14(17)11-8-6-7-10-13(11)16/h1,6-8,10,12H,4-5,9H2,2H3. The number of carbonyl (C=O) groups excluding carboxylic acids is 2. The van der Waals surface area contributed by atoms with Crippen molar-refractivity contribution in [2.75, 3.05) is 7.11 Å². The number of ketones is 1. The first-order valence-corrected chi connectivity index (χ1v) is 5.91. The van der Waals surface area contributed by atoms with E-state index in [2.05, 4.69) is 10.7 Å². The minimum absolute atomic E-state index is 0.0985. The Morgan fingerprint density at radius 3 is 2.68 bits per heavy atom. The molecule has 1 rings (SSSR count). The number of halogens is 1. The summed E-state index contributed by atoms with van der Waals surface area (Å²) in [7, 11) is 1.20. The van der Waals surface area contributed by atoms with Gasteiger partial charge in [0.25, 0.3) is 0 Å². The lowest BCUT2D eigenvalue weighted by Gasteiger charge is -2.13. The fourth-order valence-electron chi connectivity index (χ4n) is 1.76. The normalized spacial score (nSPS) is 11.4. The van der Waals surface area contributed by atoms with Crippen molar-refractivity contribution in [3.8, 4) is 12.3 Å². The largest absolute Gasteiger partial charge is 0.468 e. The highest BCUT2D eigenvalue weighted by Crippen LogP contribution is 2.19. The maximum atomic E-state index is 13.6. The summed E-state index contributed by atoms with van der Waals surface area (Å²) >= 11 is 0. The van der Waals surface area contributed by atoms with Crippen molar-refractivity contribution in [2.24, 2.45) is 5.92 Å². The van der Waals surface area contributed by atoms with Gasteiger partial charge in [-0.05, 0) is 25.0 Å². The number of Topliss-reactive ketones (excluding diaryl/α,β-unsaturated/α-hetero) is 1. The number of hydrogen-bond donors (Lipinski definition) is 0. The van der Waals surface area contributed by atoms with Gasteiger partial charge in [0.1, 0.15) is 11.7 Å². The van der Waals surface area contributed by atoms with Gasteiger partial charge in [-0.1, -0.05) is 12.1 Å². The van der Waals surface area contributed by atoms with Gasteiger partial charge >= 0.3 is 5.97 Å². The van der Waals surface area contributed by atoms with Crippen molar-refractivity contribution in [2.45, 2.75) is 19.3 Å². The number of ether oxygens (including phenoxy) is 1. The van der Waals surface area contributed by atoms with Gasteiger partial charge in [-0.15, -0.1) is 12.3 Å². The molecule has 0 aliphatic rings. The lowest BCUT2D eigenvalue weighted by atomic mass is 9.92. The average molecular weight is 262 g/mol. The average Bonchev–Trinajstić information content (AvgIpc) is 2.43. The van der Waals surface area contributed by atoms with Crippen molar-refractivity contribution in [3.05, 3.63) is 35.6 Å². The van der Waals surface area contributed by atoms with E-state index in [0.717, 1.165) is 0 Å². The number of unbranched alkanes of at least 4 members (excludes halogenated alkanes) is 1. The van der Waals surface area contributed by atoms with E-state index in [1.54, 1.807) is 6.07 Å². The number of rotatable bonds is 6. The molecule has 1 unspecified atom stereocenters. The molecule has 4 heteroatoms. The molecule has 1 atom stereocenters. The third-order valence-electron chi connectivity index (χ3n) is 2.76. The molecule has 1 aromatic rings. The lowest BCUT2D eigenvalue weighted by Crippen LogP contribution is -2.26. The Bertz CT molecular complexity index is 502. The summed E-state index contributed by atoms with van der Waals surface area (Å²) in [6.45, 7) is 0. The van der Waals surface area contributed by atoms with E-state index < -0.39 is 23.5 Å². The Morgan fingerprint density at radius 1 is 1.42 bits per heavy atom. The molecule has 19 heavy (non-hydrogen) atoms. The molecule has 0 heterocycles. The van der Waals surface area contributed by atoms with Gasteiger partial charge in [-0.2, -0.15) is 0 Å². The molecule has 100 valence electrons. The SMILES string of the molecule is C#CCCCC(C(=O)OC)C(=O)c1ccccc1F. The van der Waals surface area contributed by atoms with Gasteiger partial charge in [0, 0.05) is 6.42 Å². The molecule has 0 aliphatic carbocycles. The van der Waals surface area contributed by atoms with Crippen LogP contribution in [0.1, 0.15) is 29.6 Å². The van der Waals surface area contributed by atoms with E-state index in [-0.39, 0.29) is 12.0 Å². The van der Waals surface area contributed by atoms with Crippen molar-refractivity contribution in [1.29, 1.82) is 0 Å². The van der Waals surface area contributed by atoms with E-state index in [0.29, 0.717) is 12.8 Å². The molecule has 0 spiro atoms. The van der Waals surface area contributed by atoms with Gasteiger partial charge in [0.05, 0.1) is 12.7 Å². The minimum Gasteiger partial charge on any atom is -0.468 e. The van der Waals surface area contributed by atoms with Crippen LogP contribution < -0.4 is 0 Å². The lowest BCUT2D eigenvalue weighted by molar-refractivity contribution is -0.143. The van der Waals surface area contributed by atoms with Crippen LogP contribution in [0.3, 0.4) is 0 Å². The predicted molar refractivity (Wildman–Crippen MR) is 68.9 cm³/mol. The Balaban J connectivity index is 2.92. The van der Waals surface area contributed by atoms with E-state index in [1.807, 2.05) is 0 Å². The maximum absolute atomic E-state index is 13.6. The highest BCUT2D eigenvalue weighted by molar-refractivity contribution is 6.08. The molecule has 0 amide bonds. The van der Waals surface area contributed by atoms with Gasteiger partial charge in [-0.3, -0.25) is 9.59 Å². The Hall–Kier alpha value is -2.15. The van der Waals surface area contributed by atoms with Gasteiger partial charge in [0.2, 0.25) is 0 Å². The molecule has 1 aromatic carbocycles. The fraction of sp³-hybridized carbons (Fsp3) is 0.333. The summed E-state index contributed by atoms with van der Waals surface area (Å²) in [5, 5.41) is 0. The van der Waals surface area contributed by atoms with Gasteiger partial charge in [0.15, 0.2) is 5.78 Å². The van der Waals surface area contributed by atoms with Crippen LogP contribution in [0.15, 0.2) is 24.3 Å². The van der Waals surface area contributed by atoms with Crippen LogP contribution in [0.25, 0.3) is 0 Å². The molecular formula is C15H15FO3. The van der Waals surface area contributed by atoms with Crippen LogP contribution in [-0.2, 0) is 9.53 Å². The van der Waals surface area contributed by atoms with E-state index in [4.69, 9.17) is 6.42 Å². The minimum atomic E-state index is -1.00. The van der Waals surface area contributed by atoms with Gasteiger partial charge in [-0.25, -0.2) is 4.39 Å². The van der Waals surface area contributed by atoms with E-state index >= 15 is 0 Å². The van der Waals surface area contributed by atoms with Crippen molar-refractivity contribution >= 4 is 11.8 Å². The smallest absolute Gasteiger partial charge is 0.316 e. The van der Waals surface area contributed by atoms with Crippen molar-refractivity contribution in [3.63, 3.8) is 0 Å². The summed E-state index contributed by atoms with van der Waals surface area (Å²) in [5.41, 5.74) is -0.0985. The zero-order chi connectivity index (χ0) is 14.3. The van der Waals surface area contributed by atoms with Crippen LogP contribution in [0.4, 0.5) is 4.39 Å². The topological polar surface area (TPSA) is 43.4 Å². The van der Waals surface area contributed by atoms with Crippen LogP contribution in [-0.4, -0.2) is 18.9 Å². The number of carbonyl (C=O) groups is 2. The molecule has 0 aliphatic heterocycles. The predicted octanol–water partition coefficient (Wildman–Crippen LogP) is 2.60. The second-order valence-electron chi connectivity index (χ2n) is 4.02. The summed E-state index contributed by atoms with van der Waals surface area (Å²) in [6.07, 6.45) is 6.34. The monoisotopic (exact) mass is 262 g/mol. The first-order chi connectivity index (χ1) is 9.11. The molecule has 0 saturated carbocycles. The van der Waals surface area contributed by atoms with Crippen LogP contribution in [0.2, 0.25) is 0 Å². The molecule has 0 bridgehead atoms. The number of esters is 1. The number of benzene rings is 1. The third-order valence-corrected chi connectivity index (χ3v) is 2.76. The first-order valence-electron chi connectivity index (χ1n) is 5.91. The molecule has 0 radical (unpaired) electrons. The molecule has 0 fully saturated rings. The van der Waals surface area contributed by atoms with Crippen molar-refractivity contribution < 1.29 is 18.7 Å². The third kappa shape index (κ3) is 3.92. The molecular weight excluding hydrogens is 247 g/mol. The van der Waals surface area contributed by atoms with Crippen LogP contribution in [0, 0.1) is 24.1 Å². The summed E-state index contributed by atoms with van der Waals surface area (Å²) in [6, 6.07) is 5.57. The zero-order valence-corrected chi connectivity index (χ0v) is 10.7. The van der Waals surface area contributed by atoms with E-state index in [1.165, 1.54) is 25.3 Å². The maximum Gasteiger partial charge on any atom is 0.316 e. The second-order valence-corrected chi connectivity index (χ2v) is 4.02. The number of methoxy groups -OCH3 is 1. The summed E-state index contributed by atoms with van der Waals surface area (Å²) < 4.78 is 18.1. The summed E-state index contributed by atoms with van der Waals surface area (Å²) in [5.74, 6) is -0.442. The molecule has 0 saturated heterocycles. The fourth-order valence-corrected chi connectivity index (χ4v) is 1.76. The van der Waals surface area contributed by atoms with Crippen LogP contribution >= 0.6 is 0 Å². The molecule has 3 nitrogen and oxygen atoms in total. The zero-order valence-electron chi connectivity index (χ0n) is 10.7. The molecule has 0 aromatic heterocycles. The Labute approximate surface area is 111 Å². The Morgan fingerprint density at radius 2 is 2.11 bits per heavy atom. The van der Waals surface area contributed by atoms with Crippen molar-refractivity contribution in [1.82, 2.24) is 0 Å². The second kappa shape index (κ2) is 7.32. The first kappa shape index (κ1) is 14.9. The van der Waals surface area contributed by atoms with Gasteiger partial charge < -0.3 is 4.74 Å². The quantitative estimate of drug-likeness (QED) is 0.260. The number of terminal acetylenes is 1. The highest BCUT2D eigenvalue weighted by atomic mass is 19.1. The van der Waals surface area contributed by atoms with Crippen LogP contribution in [0.5, 0.6) is 0 Å². The number of hydrogen-bond acceptors (Lipinski definition) is 3. The summed E-state index contributed by atoms with van der Waals surface area (Å²) in [4.78, 5) is 23.8. The highest BCUT2D eigenvalue weighted by Gasteiger charge is 2.29. The van der Waals surface area contributed by atoms with E-state index in [9.17, 15) is 14.0 Å². The molecule has 0 N–H and O–H groups in total.